The van der Waals surface area contributed by atoms with E-state index in [0.717, 1.165) is 22.6 Å². The van der Waals surface area contributed by atoms with Crippen LogP contribution in [0.25, 0.3) is 88.6 Å². The third-order valence-corrected chi connectivity index (χ3v) is 9.94. The van der Waals surface area contributed by atoms with Crippen LogP contribution in [0.4, 0.5) is 0 Å². The van der Waals surface area contributed by atoms with E-state index >= 15 is 0 Å². The lowest BCUT2D eigenvalue weighted by molar-refractivity contribution is 1.14. The maximum Gasteiger partial charge on any atom is 0.137 e. The molecule has 0 unspecified atom stereocenters. The molecule has 3 heteroatoms. The zero-order valence-corrected chi connectivity index (χ0v) is 27.2. The average Bonchev–Trinajstić information content (AvgIpc) is 3.79. The molecule has 0 saturated heterocycles. The van der Waals surface area contributed by atoms with Crippen molar-refractivity contribution in [1.82, 2.24) is 14.0 Å². The van der Waals surface area contributed by atoms with E-state index in [1.807, 2.05) is 24.4 Å². The van der Waals surface area contributed by atoms with Gasteiger partial charge in [-0.3, -0.25) is 0 Å². The van der Waals surface area contributed by atoms with Crippen LogP contribution >= 0.6 is 0 Å². The van der Waals surface area contributed by atoms with Crippen LogP contribution in [0.15, 0.2) is 188 Å². The number of rotatable bonds is 5. The van der Waals surface area contributed by atoms with Gasteiger partial charge in [-0.25, -0.2) is 4.98 Å². The molecule has 0 radical (unpaired) electrons. The van der Waals surface area contributed by atoms with E-state index in [2.05, 4.69) is 173 Å². The second kappa shape index (κ2) is 11.5. The summed E-state index contributed by atoms with van der Waals surface area (Å²) in [4.78, 5) is 4.85. The number of nitrogens with zero attached hydrogens (tertiary/aromatic N) is 3. The van der Waals surface area contributed by atoms with Crippen LogP contribution in [0.5, 0.6) is 0 Å². The molecule has 10 rings (SSSR count). The lowest BCUT2D eigenvalue weighted by atomic mass is 9.94. The largest absolute Gasteiger partial charge is 0.308 e. The molecule has 234 valence electrons. The van der Waals surface area contributed by atoms with E-state index in [1.54, 1.807) is 0 Å². The summed E-state index contributed by atoms with van der Waals surface area (Å²) in [5.74, 6) is 0. The van der Waals surface area contributed by atoms with Gasteiger partial charge in [-0.05, 0) is 62.7 Å². The van der Waals surface area contributed by atoms with Gasteiger partial charge in [0.2, 0.25) is 0 Å². The Morgan fingerprint density at radius 1 is 0.440 bits per heavy atom. The predicted octanol–water partition coefficient (Wildman–Crippen LogP) is 12.3. The minimum atomic E-state index is 0.948. The minimum absolute atomic E-state index is 0.948. The second-order valence-corrected chi connectivity index (χ2v) is 12.9. The fourth-order valence-electron chi connectivity index (χ4n) is 7.62. The zero-order valence-electron chi connectivity index (χ0n) is 27.2. The third kappa shape index (κ3) is 4.56. The van der Waals surface area contributed by atoms with Crippen molar-refractivity contribution in [2.45, 2.75) is 0 Å². The molecule has 0 aliphatic rings. The van der Waals surface area contributed by atoms with Gasteiger partial charge in [-0.15, -0.1) is 0 Å². The summed E-state index contributed by atoms with van der Waals surface area (Å²) in [5.41, 5.74) is 12.6. The fourth-order valence-corrected chi connectivity index (χ4v) is 7.62. The van der Waals surface area contributed by atoms with Crippen molar-refractivity contribution in [3.63, 3.8) is 0 Å². The van der Waals surface area contributed by atoms with Crippen LogP contribution < -0.4 is 0 Å². The molecule has 0 bridgehead atoms. The van der Waals surface area contributed by atoms with Crippen molar-refractivity contribution in [3.8, 4) is 50.5 Å². The van der Waals surface area contributed by atoms with Gasteiger partial charge in [0.15, 0.2) is 0 Å². The third-order valence-electron chi connectivity index (χ3n) is 9.94. The minimum Gasteiger partial charge on any atom is -0.308 e. The topological polar surface area (TPSA) is 22.2 Å². The molecule has 0 N–H and O–H groups in total. The first-order valence-corrected chi connectivity index (χ1v) is 17.0. The van der Waals surface area contributed by atoms with E-state index in [9.17, 15) is 0 Å². The van der Waals surface area contributed by atoms with Gasteiger partial charge >= 0.3 is 0 Å². The van der Waals surface area contributed by atoms with Crippen molar-refractivity contribution in [3.05, 3.63) is 188 Å². The lowest BCUT2D eigenvalue weighted by Gasteiger charge is -2.15. The zero-order chi connectivity index (χ0) is 33.0. The highest BCUT2D eigenvalue weighted by Gasteiger charge is 2.23. The Morgan fingerprint density at radius 3 is 1.94 bits per heavy atom. The number of aromatic nitrogens is 3. The molecule has 0 fully saturated rings. The molecule has 0 aliphatic carbocycles. The molecule has 10 aromatic rings. The number of imidazole rings is 1. The van der Waals surface area contributed by atoms with Crippen molar-refractivity contribution in [2.24, 2.45) is 0 Å². The van der Waals surface area contributed by atoms with E-state index in [4.69, 9.17) is 4.98 Å². The fraction of sp³-hybridized carbons (Fsp3) is 0. The van der Waals surface area contributed by atoms with Crippen LogP contribution in [0.3, 0.4) is 0 Å². The van der Waals surface area contributed by atoms with Crippen molar-refractivity contribution in [2.75, 3.05) is 0 Å². The summed E-state index contributed by atoms with van der Waals surface area (Å²) < 4.78 is 4.56. The number of benzene rings is 7. The summed E-state index contributed by atoms with van der Waals surface area (Å²) in [5, 5.41) is 6.13. The quantitative estimate of drug-likeness (QED) is 0.184. The van der Waals surface area contributed by atoms with Gasteiger partial charge in [0, 0.05) is 40.0 Å². The molecule has 0 aliphatic heterocycles. The van der Waals surface area contributed by atoms with E-state index in [1.165, 1.54) is 66.0 Å². The molecular formula is C47H31N3. The number of fused-ring (bicyclic) bond motifs is 5. The second-order valence-electron chi connectivity index (χ2n) is 12.9. The van der Waals surface area contributed by atoms with Gasteiger partial charge < -0.3 is 8.97 Å². The van der Waals surface area contributed by atoms with E-state index in [0.29, 0.717) is 0 Å². The first-order chi connectivity index (χ1) is 24.8. The van der Waals surface area contributed by atoms with Gasteiger partial charge in [0.1, 0.15) is 5.65 Å². The maximum absolute atomic E-state index is 4.85. The Morgan fingerprint density at radius 2 is 1.14 bits per heavy atom. The number of hydrogen-bond acceptors (Lipinski definition) is 1. The normalized spacial score (nSPS) is 11.6. The Labute approximate surface area is 290 Å². The summed E-state index contributed by atoms with van der Waals surface area (Å²) in [6.45, 7) is 0. The van der Waals surface area contributed by atoms with Gasteiger partial charge in [-0.1, -0.05) is 152 Å². The predicted molar refractivity (Wildman–Crippen MR) is 209 cm³/mol. The molecule has 0 saturated carbocycles. The molecule has 7 aromatic carbocycles. The van der Waals surface area contributed by atoms with Gasteiger partial charge in [-0.2, -0.15) is 0 Å². The molecule has 0 atom stereocenters. The highest BCUT2D eigenvalue weighted by molar-refractivity contribution is 6.18. The smallest absolute Gasteiger partial charge is 0.137 e. The van der Waals surface area contributed by atoms with Crippen molar-refractivity contribution >= 4 is 38.1 Å². The summed E-state index contributed by atoms with van der Waals surface area (Å²) >= 11 is 0. The van der Waals surface area contributed by atoms with E-state index < -0.39 is 0 Å². The van der Waals surface area contributed by atoms with Crippen molar-refractivity contribution in [1.29, 1.82) is 0 Å². The summed E-state index contributed by atoms with van der Waals surface area (Å²) in [6.07, 6.45) is 4.13. The molecule has 0 spiro atoms. The highest BCUT2D eigenvalue weighted by atomic mass is 15.0. The molecular weight excluding hydrogens is 607 g/mol. The molecule has 3 nitrogen and oxygen atoms in total. The Balaban J connectivity index is 1.24. The number of hydrogen-bond donors (Lipinski definition) is 0. The highest BCUT2D eigenvalue weighted by Crippen LogP contribution is 2.46. The average molecular weight is 638 g/mol. The molecule has 0 amide bonds. The van der Waals surface area contributed by atoms with Crippen LogP contribution in [0.2, 0.25) is 0 Å². The van der Waals surface area contributed by atoms with Gasteiger partial charge in [0.05, 0.1) is 16.9 Å². The SMILES string of the molecule is c1ccc(-c2c(-c3ccccc3)n(-c3ccc4ccccc4c3)c3c2ccc2c(-c4ccc(-c5cn6ccccc6n5)cc4)cccc23)cc1. The summed E-state index contributed by atoms with van der Waals surface area (Å²) in [6, 6.07) is 63.4. The van der Waals surface area contributed by atoms with Crippen LogP contribution in [-0.4, -0.2) is 14.0 Å². The van der Waals surface area contributed by atoms with Crippen LogP contribution in [0, 0.1) is 0 Å². The van der Waals surface area contributed by atoms with Gasteiger partial charge in [0.25, 0.3) is 0 Å². The first-order valence-electron chi connectivity index (χ1n) is 17.0. The molecule has 50 heavy (non-hydrogen) atoms. The monoisotopic (exact) mass is 637 g/mol. The maximum atomic E-state index is 4.85. The van der Waals surface area contributed by atoms with Crippen LogP contribution in [0.1, 0.15) is 0 Å². The molecule has 3 aromatic heterocycles. The lowest BCUT2D eigenvalue weighted by Crippen LogP contribution is -1.98. The Kier molecular flexibility index (Phi) is 6.49. The Hall–Kier alpha value is -6.71. The number of pyridine rings is 1. The first kappa shape index (κ1) is 28.3. The van der Waals surface area contributed by atoms with E-state index in [-0.39, 0.29) is 0 Å². The standard InChI is InChI=1S/C47H31N3/c1-3-13-35(14-4-1)45-42-28-27-40-39(33-21-23-34(24-22-33)43-31-49-29-10-9-20-44(49)48-43)18-11-19-41(40)47(42)50(46(45)36-15-5-2-6-16-36)38-26-25-32-12-7-8-17-37(32)30-38/h1-31H. The Bertz CT molecular complexity index is 2810. The summed E-state index contributed by atoms with van der Waals surface area (Å²) in [7, 11) is 0. The molecule has 3 heterocycles. The van der Waals surface area contributed by atoms with Crippen LogP contribution in [-0.2, 0) is 0 Å². The van der Waals surface area contributed by atoms with Crippen molar-refractivity contribution < 1.29 is 0 Å².